The molecule has 256 valence electrons. The summed E-state index contributed by atoms with van der Waals surface area (Å²) < 4.78 is 33.1. The Labute approximate surface area is 280 Å². The van der Waals surface area contributed by atoms with Gasteiger partial charge in [0.2, 0.25) is 23.5 Å². The van der Waals surface area contributed by atoms with Gasteiger partial charge in [0, 0.05) is 31.1 Å². The molecule has 13 nitrogen and oxygen atoms in total. The van der Waals surface area contributed by atoms with Crippen molar-refractivity contribution in [1.82, 2.24) is 25.7 Å². The van der Waals surface area contributed by atoms with Crippen molar-refractivity contribution in [2.75, 3.05) is 23.7 Å². The smallest absolute Gasteiger partial charge is 0.251 e. The van der Waals surface area contributed by atoms with Crippen LogP contribution in [0, 0.1) is 0 Å². The summed E-state index contributed by atoms with van der Waals surface area (Å²) in [5, 5.41) is 9.52. The number of nitrogens with zero attached hydrogens (tertiary/aromatic N) is 4. The van der Waals surface area contributed by atoms with Gasteiger partial charge in [-0.3, -0.25) is 24.1 Å². The lowest BCUT2D eigenvalue weighted by atomic mass is 9.87. The molecule has 1 unspecified atom stereocenters. The van der Waals surface area contributed by atoms with Crippen LogP contribution in [0.25, 0.3) is 11.4 Å². The van der Waals surface area contributed by atoms with Gasteiger partial charge in [-0.2, -0.15) is 4.98 Å². The molecule has 1 aromatic heterocycles. The second-order valence-corrected chi connectivity index (χ2v) is 15.3. The normalized spacial score (nSPS) is 19.1. The van der Waals surface area contributed by atoms with Gasteiger partial charge in [0.15, 0.2) is 9.84 Å². The van der Waals surface area contributed by atoms with E-state index in [-0.39, 0.29) is 45.7 Å². The molecule has 2 N–H and O–H groups in total. The first-order valence-electron chi connectivity index (χ1n) is 16.2. The van der Waals surface area contributed by atoms with Crippen LogP contribution in [-0.2, 0) is 36.2 Å². The summed E-state index contributed by atoms with van der Waals surface area (Å²) in [6, 6.07) is 9.44. The van der Waals surface area contributed by atoms with Gasteiger partial charge in [0.05, 0.1) is 16.3 Å². The number of carbonyl (C=O) groups is 4. The van der Waals surface area contributed by atoms with E-state index >= 15 is 0 Å². The fourth-order valence-electron chi connectivity index (χ4n) is 5.94. The largest absolute Gasteiger partial charge is 0.352 e. The highest BCUT2D eigenvalue weighted by Crippen LogP contribution is 2.33. The SMILES string of the molecule is CCCCNC(=O)c1ccc2c(c1)N(Cc1nc(-c3ccc(C(C)(C)C)cc3)no1)C(=O)C(NC(=O)[C@H]1CCCN1C(C)=O)CS2(=O)=O. The van der Waals surface area contributed by atoms with Crippen LogP contribution in [0.5, 0.6) is 0 Å². The number of hydrogen-bond acceptors (Lipinski definition) is 9. The van der Waals surface area contributed by atoms with Crippen molar-refractivity contribution in [1.29, 1.82) is 0 Å². The molecule has 0 spiro atoms. The number of amides is 4. The lowest BCUT2D eigenvalue weighted by Crippen LogP contribution is -2.55. The van der Waals surface area contributed by atoms with E-state index in [1.54, 1.807) is 0 Å². The van der Waals surface area contributed by atoms with Gasteiger partial charge in [-0.1, -0.05) is 63.5 Å². The number of rotatable bonds is 9. The first-order valence-corrected chi connectivity index (χ1v) is 17.8. The number of benzene rings is 2. The zero-order valence-corrected chi connectivity index (χ0v) is 28.7. The molecule has 2 aliphatic rings. The standard InChI is InChI=1S/C34H42N6O7S/c1-6-7-16-35-31(42)23-12-15-28-27(18-23)40(19-29-37-30(38-47-29)22-10-13-24(14-11-22)34(3,4)5)33(44)25(20-48(28,45)46)36-32(43)26-9-8-17-39(26)21(2)41/h10-15,18,25-26H,6-9,16-17,19-20H2,1-5H3,(H,35,42)(H,36,43)/t25?,26-/m1/s1. The quantitative estimate of drug-likeness (QED) is 0.322. The van der Waals surface area contributed by atoms with Crippen LogP contribution in [0.4, 0.5) is 5.69 Å². The second-order valence-electron chi connectivity index (χ2n) is 13.3. The number of anilines is 1. The van der Waals surface area contributed by atoms with Crippen LogP contribution in [-0.4, -0.2) is 78.0 Å². The Bertz CT molecular complexity index is 1810. The van der Waals surface area contributed by atoms with Crippen molar-refractivity contribution in [2.45, 2.75) is 89.2 Å². The molecule has 4 amide bonds. The number of nitrogens with one attached hydrogen (secondary N) is 2. The van der Waals surface area contributed by atoms with E-state index in [1.165, 1.54) is 30.0 Å². The van der Waals surface area contributed by atoms with Gasteiger partial charge in [-0.25, -0.2) is 8.42 Å². The minimum absolute atomic E-state index is 0.0184. The van der Waals surface area contributed by atoms with Crippen molar-refractivity contribution in [3.05, 3.63) is 59.5 Å². The fourth-order valence-corrected chi connectivity index (χ4v) is 7.55. The number of unbranched alkanes of at least 4 members (excludes halogenated alkanes) is 1. The third-order valence-corrected chi connectivity index (χ3v) is 10.4. The summed E-state index contributed by atoms with van der Waals surface area (Å²) in [5.41, 5.74) is 1.87. The minimum Gasteiger partial charge on any atom is -0.352 e. The summed E-state index contributed by atoms with van der Waals surface area (Å²) in [5.74, 6) is -2.48. The molecule has 2 aliphatic heterocycles. The summed E-state index contributed by atoms with van der Waals surface area (Å²) in [6.45, 7) is 10.2. The second kappa shape index (κ2) is 13.9. The summed E-state index contributed by atoms with van der Waals surface area (Å²) in [7, 11) is -4.16. The van der Waals surface area contributed by atoms with Gasteiger partial charge in [-0.15, -0.1) is 0 Å². The van der Waals surface area contributed by atoms with E-state index in [4.69, 9.17) is 4.52 Å². The minimum atomic E-state index is -4.16. The highest BCUT2D eigenvalue weighted by molar-refractivity contribution is 7.91. The molecule has 5 rings (SSSR count). The fraction of sp³-hybridized carbons (Fsp3) is 0.471. The van der Waals surface area contributed by atoms with Gasteiger partial charge in [0.1, 0.15) is 18.6 Å². The van der Waals surface area contributed by atoms with Crippen molar-refractivity contribution in [2.24, 2.45) is 0 Å². The Hall–Kier alpha value is -4.59. The van der Waals surface area contributed by atoms with E-state index in [0.717, 1.165) is 23.3 Å². The predicted molar refractivity (Wildman–Crippen MR) is 178 cm³/mol. The third kappa shape index (κ3) is 7.43. The maximum atomic E-state index is 14.2. The molecule has 48 heavy (non-hydrogen) atoms. The Morgan fingerprint density at radius 1 is 1.08 bits per heavy atom. The first-order chi connectivity index (χ1) is 22.7. The molecular formula is C34H42N6O7S. The lowest BCUT2D eigenvalue weighted by molar-refractivity contribution is -0.137. The Kier molecular flexibility index (Phi) is 10.0. The molecule has 3 aromatic rings. The van der Waals surface area contributed by atoms with Gasteiger partial charge in [0.25, 0.3) is 11.8 Å². The average molecular weight is 679 g/mol. The Morgan fingerprint density at radius 3 is 2.48 bits per heavy atom. The van der Waals surface area contributed by atoms with Crippen molar-refractivity contribution in [3.63, 3.8) is 0 Å². The number of carbonyl (C=O) groups excluding carboxylic acids is 4. The van der Waals surface area contributed by atoms with Crippen LogP contribution in [0.15, 0.2) is 51.9 Å². The van der Waals surface area contributed by atoms with Crippen LogP contribution in [0.3, 0.4) is 0 Å². The summed E-state index contributed by atoms with van der Waals surface area (Å²) in [4.78, 5) is 59.6. The number of fused-ring (bicyclic) bond motifs is 1. The lowest BCUT2D eigenvalue weighted by Gasteiger charge is -2.27. The highest BCUT2D eigenvalue weighted by atomic mass is 32.2. The average Bonchev–Trinajstić information content (AvgIpc) is 3.72. The molecule has 2 atom stereocenters. The number of likely N-dealkylation sites (tertiary alicyclic amines) is 1. The molecule has 0 bridgehead atoms. The molecule has 0 saturated carbocycles. The van der Waals surface area contributed by atoms with Gasteiger partial charge in [-0.05, 0) is 48.4 Å². The molecule has 1 fully saturated rings. The number of hydrogen-bond donors (Lipinski definition) is 2. The van der Waals surface area contributed by atoms with Gasteiger partial charge < -0.3 is 20.1 Å². The molecule has 2 aromatic carbocycles. The monoisotopic (exact) mass is 678 g/mol. The van der Waals surface area contributed by atoms with Crippen molar-refractivity contribution < 1.29 is 32.1 Å². The molecule has 0 aliphatic carbocycles. The van der Waals surface area contributed by atoms with Crippen LogP contribution in [0.2, 0.25) is 0 Å². The predicted octanol–water partition coefficient (Wildman–Crippen LogP) is 3.38. The van der Waals surface area contributed by atoms with Crippen LogP contribution < -0.4 is 15.5 Å². The van der Waals surface area contributed by atoms with Crippen LogP contribution in [0.1, 0.15) is 82.1 Å². The molecular weight excluding hydrogens is 636 g/mol. The molecule has 0 radical (unpaired) electrons. The molecule has 14 heteroatoms. The number of sulfone groups is 1. The zero-order valence-electron chi connectivity index (χ0n) is 27.9. The summed E-state index contributed by atoms with van der Waals surface area (Å²) >= 11 is 0. The summed E-state index contributed by atoms with van der Waals surface area (Å²) in [6.07, 6.45) is 2.63. The first kappa shape index (κ1) is 34.7. The van der Waals surface area contributed by atoms with E-state index in [2.05, 4.69) is 41.5 Å². The zero-order chi connectivity index (χ0) is 34.8. The number of aromatic nitrogens is 2. The van der Waals surface area contributed by atoms with E-state index in [0.29, 0.717) is 31.5 Å². The molecule has 3 heterocycles. The maximum Gasteiger partial charge on any atom is 0.251 e. The van der Waals surface area contributed by atoms with Crippen LogP contribution >= 0.6 is 0 Å². The topological polar surface area (TPSA) is 172 Å². The highest BCUT2D eigenvalue weighted by Gasteiger charge is 2.42. The van der Waals surface area contributed by atoms with Crippen molar-refractivity contribution >= 4 is 39.2 Å². The van der Waals surface area contributed by atoms with E-state index in [9.17, 15) is 27.6 Å². The van der Waals surface area contributed by atoms with Gasteiger partial charge >= 0.3 is 0 Å². The van der Waals surface area contributed by atoms with E-state index < -0.39 is 45.4 Å². The Balaban J connectivity index is 1.50. The van der Waals surface area contributed by atoms with Crippen molar-refractivity contribution in [3.8, 4) is 11.4 Å². The van der Waals surface area contributed by atoms with E-state index in [1.807, 2.05) is 31.2 Å². The third-order valence-electron chi connectivity index (χ3n) is 8.66. The maximum absolute atomic E-state index is 14.2. The Morgan fingerprint density at radius 2 is 1.81 bits per heavy atom. The molecule has 1 saturated heterocycles.